The summed E-state index contributed by atoms with van der Waals surface area (Å²) in [5.41, 5.74) is -0.584. The van der Waals surface area contributed by atoms with E-state index in [9.17, 15) is 22.0 Å². The molecule has 0 aliphatic carbocycles. The maximum absolute atomic E-state index is 13.3. The molecule has 1 N–H and O–H groups in total. The van der Waals surface area contributed by atoms with Crippen LogP contribution in [0.4, 0.5) is 14.5 Å². The molecular weight excluding hydrogens is 336 g/mol. The molecule has 5 nitrogen and oxygen atoms in total. The van der Waals surface area contributed by atoms with Crippen LogP contribution in [0.25, 0.3) is 0 Å². The van der Waals surface area contributed by atoms with Crippen molar-refractivity contribution in [3.8, 4) is 0 Å². The van der Waals surface area contributed by atoms with Gasteiger partial charge >= 0.3 is 5.97 Å². The molecule has 0 aromatic heterocycles. The number of benzene rings is 1. The summed E-state index contributed by atoms with van der Waals surface area (Å²) in [5.74, 6) is -3.81. The zero-order valence-electron chi connectivity index (χ0n) is 9.04. The first-order valence-electron chi connectivity index (χ1n) is 4.47. The maximum atomic E-state index is 13.3. The van der Waals surface area contributed by atoms with Gasteiger partial charge in [-0.15, -0.1) is 0 Å². The van der Waals surface area contributed by atoms with Crippen LogP contribution >= 0.6 is 15.9 Å². The van der Waals surface area contributed by atoms with Crippen LogP contribution in [0.5, 0.6) is 0 Å². The molecule has 1 aromatic carbocycles. The van der Waals surface area contributed by atoms with Gasteiger partial charge in [-0.2, -0.15) is 0 Å². The second kappa shape index (κ2) is 5.61. The third kappa shape index (κ3) is 3.91. The number of carbonyl (C=O) groups excluding carboxylic acids is 1. The summed E-state index contributed by atoms with van der Waals surface area (Å²) in [5, 5.41) is 0. The fourth-order valence-corrected chi connectivity index (χ4v) is 2.33. The number of halogens is 3. The van der Waals surface area contributed by atoms with Gasteiger partial charge in [-0.05, 0) is 22.0 Å². The minimum atomic E-state index is -4.14. The van der Waals surface area contributed by atoms with Crippen molar-refractivity contribution in [1.82, 2.24) is 0 Å². The molecule has 9 heteroatoms. The molecule has 0 saturated heterocycles. The summed E-state index contributed by atoms with van der Waals surface area (Å²) in [6.45, 7) is 0. The number of methoxy groups -OCH3 is 1. The molecule has 0 atom stereocenters. The van der Waals surface area contributed by atoms with E-state index in [2.05, 4.69) is 20.7 Å². The Morgan fingerprint density at radius 3 is 2.56 bits per heavy atom. The first kappa shape index (κ1) is 14.8. The summed E-state index contributed by atoms with van der Waals surface area (Å²) in [7, 11) is -3.13. The van der Waals surface area contributed by atoms with Crippen LogP contribution in [-0.2, 0) is 19.6 Å². The van der Waals surface area contributed by atoms with E-state index in [1.54, 1.807) is 4.72 Å². The van der Waals surface area contributed by atoms with Crippen LogP contribution in [0.1, 0.15) is 0 Å². The van der Waals surface area contributed by atoms with E-state index >= 15 is 0 Å². The molecule has 1 aromatic rings. The topological polar surface area (TPSA) is 72.5 Å². The minimum absolute atomic E-state index is 0.143. The molecule has 0 aliphatic heterocycles. The highest BCUT2D eigenvalue weighted by Gasteiger charge is 2.19. The predicted molar refractivity (Wildman–Crippen MR) is 63.5 cm³/mol. The Kier molecular flexibility index (Phi) is 4.63. The maximum Gasteiger partial charge on any atom is 0.322 e. The Labute approximate surface area is 110 Å². The largest absolute Gasteiger partial charge is 0.468 e. The van der Waals surface area contributed by atoms with Gasteiger partial charge in [-0.3, -0.25) is 9.52 Å². The zero-order valence-corrected chi connectivity index (χ0v) is 11.4. The van der Waals surface area contributed by atoms with Crippen molar-refractivity contribution in [3.63, 3.8) is 0 Å². The van der Waals surface area contributed by atoms with Crippen LogP contribution in [-0.4, -0.2) is 27.2 Å². The number of sulfonamides is 1. The van der Waals surface area contributed by atoms with Gasteiger partial charge in [0.15, 0.2) is 5.75 Å². The number of anilines is 1. The first-order chi connectivity index (χ1) is 8.25. The Morgan fingerprint density at radius 1 is 1.39 bits per heavy atom. The second-order valence-corrected chi connectivity index (χ2v) is 5.76. The smallest absolute Gasteiger partial charge is 0.322 e. The van der Waals surface area contributed by atoms with Gasteiger partial charge in [0.25, 0.3) is 0 Å². The molecule has 18 heavy (non-hydrogen) atoms. The molecule has 0 spiro atoms. The molecule has 100 valence electrons. The summed E-state index contributed by atoms with van der Waals surface area (Å²) in [4.78, 5) is 10.8. The van der Waals surface area contributed by atoms with Gasteiger partial charge in [0.05, 0.1) is 17.3 Å². The fraction of sp³-hybridized carbons (Fsp3) is 0.222. The molecule has 0 fully saturated rings. The van der Waals surface area contributed by atoms with Crippen molar-refractivity contribution in [2.24, 2.45) is 0 Å². The molecule has 0 saturated carbocycles. The lowest BCUT2D eigenvalue weighted by Crippen LogP contribution is -2.24. The number of esters is 1. The SMILES string of the molecule is COC(=O)CS(=O)(=O)Nc1cc(F)c(Br)cc1F. The summed E-state index contributed by atoms with van der Waals surface area (Å²) in [6, 6.07) is 1.43. The minimum Gasteiger partial charge on any atom is -0.468 e. The van der Waals surface area contributed by atoms with E-state index in [4.69, 9.17) is 0 Å². The fourth-order valence-electron chi connectivity index (χ4n) is 1.02. The Morgan fingerprint density at radius 2 is 2.00 bits per heavy atom. The number of nitrogens with one attached hydrogen (secondary N) is 1. The summed E-state index contributed by atoms with van der Waals surface area (Å²) >= 11 is 2.74. The van der Waals surface area contributed by atoms with E-state index < -0.39 is 39.1 Å². The molecule has 1 rings (SSSR count). The zero-order chi connectivity index (χ0) is 13.9. The van der Waals surface area contributed by atoms with Crippen LogP contribution < -0.4 is 4.72 Å². The normalized spacial score (nSPS) is 11.1. The highest BCUT2D eigenvalue weighted by Crippen LogP contribution is 2.24. The van der Waals surface area contributed by atoms with Gasteiger partial charge in [-0.25, -0.2) is 17.2 Å². The van der Waals surface area contributed by atoms with E-state index in [-0.39, 0.29) is 4.47 Å². The summed E-state index contributed by atoms with van der Waals surface area (Å²) < 4.78 is 55.0. The van der Waals surface area contributed by atoms with Crippen LogP contribution in [0.15, 0.2) is 16.6 Å². The number of rotatable bonds is 4. The average molecular weight is 344 g/mol. The molecule has 0 radical (unpaired) electrons. The molecule has 0 bridgehead atoms. The van der Waals surface area contributed by atoms with Gasteiger partial charge in [-0.1, -0.05) is 0 Å². The Bertz CT molecular complexity index is 576. The average Bonchev–Trinajstić information content (AvgIpc) is 2.24. The molecule has 0 aliphatic rings. The van der Waals surface area contributed by atoms with Gasteiger partial charge in [0, 0.05) is 6.07 Å². The lowest BCUT2D eigenvalue weighted by atomic mass is 10.3. The second-order valence-electron chi connectivity index (χ2n) is 3.18. The van der Waals surface area contributed by atoms with E-state index in [1.165, 1.54) is 0 Å². The number of ether oxygens (including phenoxy) is 1. The van der Waals surface area contributed by atoms with E-state index in [1.807, 2.05) is 0 Å². The van der Waals surface area contributed by atoms with Crippen molar-refractivity contribution in [3.05, 3.63) is 28.2 Å². The summed E-state index contributed by atoms with van der Waals surface area (Å²) in [6.07, 6.45) is 0. The molecule has 0 heterocycles. The predicted octanol–water partition coefficient (Wildman–Crippen LogP) is 1.64. The molecule has 0 unspecified atom stereocenters. The lowest BCUT2D eigenvalue weighted by Gasteiger charge is -2.08. The number of hydrogen-bond acceptors (Lipinski definition) is 4. The van der Waals surface area contributed by atoms with Crippen molar-refractivity contribution in [2.75, 3.05) is 17.6 Å². The lowest BCUT2D eigenvalue weighted by molar-refractivity contribution is -0.137. The monoisotopic (exact) mass is 343 g/mol. The van der Waals surface area contributed by atoms with Gasteiger partial charge in [0.1, 0.15) is 11.6 Å². The third-order valence-corrected chi connectivity index (χ3v) is 3.57. The van der Waals surface area contributed by atoms with E-state index in [0.717, 1.165) is 13.2 Å². The van der Waals surface area contributed by atoms with Crippen molar-refractivity contribution >= 4 is 37.6 Å². The van der Waals surface area contributed by atoms with Crippen molar-refractivity contribution in [2.45, 2.75) is 0 Å². The Hall–Kier alpha value is -1.22. The third-order valence-electron chi connectivity index (χ3n) is 1.81. The first-order valence-corrected chi connectivity index (χ1v) is 6.91. The number of hydrogen-bond donors (Lipinski definition) is 1. The quantitative estimate of drug-likeness (QED) is 0.666. The van der Waals surface area contributed by atoms with E-state index in [0.29, 0.717) is 6.07 Å². The molecule has 0 amide bonds. The van der Waals surface area contributed by atoms with Crippen molar-refractivity contribution < 1.29 is 26.7 Å². The molecular formula is C9H8BrF2NO4S. The van der Waals surface area contributed by atoms with Crippen molar-refractivity contribution in [1.29, 1.82) is 0 Å². The van der Waals surface area contributed by atoms with Crippen LogP contribution in [0.3, 0.4) is 0 Å². The van der Waals surface area contributed by atoms with Gasteiger partial charge in [0.2, 0.25) is 10.0 Å². The number of carbonyl (C=O) groups is 1. The van der Waals surface area contributed by atoms with Crippen LogP contribution in [0, 0.1) is 11.6 Å². The Balaban J connectivity index is 2.98. The highest BCUT2D eigenvalue weighted by molar-refractivity contribution is 9.10. The van der Waals surface area contributed by atoms with Gasteiger partial charge < -0.3 is 4.74 Å². The van der Waals surface area contributed by atoms with Crippen LogP contribution in [0.2, 0.25) is 0 Å². The highest BCUT2D eigenvalue weighted by atomic mass is 79.9. The standard InChI is InChI=1S/C9H8BrF2NO4S/c1-17-9(14)4-18(15,16)13-8-3-6(11)5(10)2-7(8)12/h2-3,13H,4H2,1H3.